The fourth-order valence-electron chi connectivity index (χ4n) is 3.73. The molecule has 18 heavy (non-hydrogen) atoms. The molecule has 2 rings (SSSR count). The van der Waals surface area contributed by atoms with Crippen LogP contribution in [-0.4, -0.2) is 18.5 Å². The van der Waals surface area contributed by atoms with Crippen molar-refractivity contribution in [1.29, 1.82) is 0 Å². The molecule has 0 aromatic rings. The molecule has 0 heterocycles. The number of carbonyl (C=O) groups is 1. The second-order valence-corrected chi connectivity index (χ2v) is 6.66. The molecule has 3 N–H and O–H groups in total. The van der Waals surface area contributed by atoms with Gasteiger partial charge in [-0.15, -0.1) is 0 Å². The monoisotopic (exact) mass is 252 g/mol. The van der Waals surface area contributed by atoms with Crippen molar-refractivity contribution >= 4 is 5.91 Å². The van der Waals surface area contributed by atoms with Gasteiger partial charge in [0.25, 0.3) is 0 Å². The average molecular weight is 252 g/mol. The highest BCUT2D eigenvalue weighted by Gasteiger charge is 2.43. The predicted octanol–water partition coefficient (Wildman–Crippen LogP) is 2.59. The molecule has 0 aromatic heterocycles. The van der Waals surface area contributed by atoms with Gasteiger partial charge in [0.05, 0.1) is 5.41 Å². The topological polar surface area (TPSA) is 55.1 Å². The summed E-state index contributed by atoms with van der Waals surface area (Å²) in [5, 5.41) is 3.21. The summed E-state index contributed by atoms with van der Waals surface area (Å²) in [4.78, 5) is 12.4. The van der Waals surface area contributed by atoms with Gasteiger partial charge in [0.1, 0.15) is 0 Å². The van der Waals surface area contributed by atoms with Crippen molar-refractivity contribution < 1.29 is 4.79 Å². The summed E-state index contributed by atoms with van der Waals surface area (Å²) in [6.45, 7) is 5.14. The smallest absolute Gasteiger partial charge is 0.227 e. The van der Waals surface area contributed by atoms with Crippen LogP contribution >= 0.6 is 0 Å². The van der Waals surface area contributed by atoms with Crippen LogP contribution < -0.4 is 11.1 Å². The second kappa shape index (κ2) is 5.20. The lowest BCUT2D eigenvalue weighted by atomic mass is 9.81. The van der Waals surface area contributed by atoms with E-state index in [1.165, 1.54) is 32.1 Å². The molecule has 0 aliphatic heterocycles. The largest absolute Gasteiger partial charge is 0.355 e. The van der Waals surface area contributed by atoms with Crippen LogP contribution in [0.1, 0.15) is 65.2 Å². The third-order valence-electron chi connectivity index (χ3n) is 5.59. The molecule has 2 aliphatic rings. The van der Waals surface area contributed by atoms with Crippen molar-refractivity contribution in [2.75, 3.05) is 6.54 Å². The molecule has 104 valence electrons. The van der Waals surface area contributed by atoms with Crippen LogP contribution in [0.15, 0.2) is 0 Å². The molecule has 2 fully saturated rings. The van der Waals surface area contributed by atoms with E-state index in [4.69, 9.17) is 5.73 Å². The van der Waals surface area contributed by atoms with Crippen molar-refractivity contribution in [3.05, 3.63) is 0 Å². The molecular formula is C15H28N2O. The van der Waals surface area contributed by atoms with Crippen LogP contribution in [0.25, 0.3) is 0 Å². The molecule has 0 saturated heterocycles. The molecule has 3 nitrogen and oxygen atoms in total. The minimum atomic E-state index is -0.326. The van der Waals surface area contributed by atoms with Gasteiger partial charge in [0.2, 0.25) is 5.91 Å². The number of hydrogen-bond acceptors (Lipinski definition) is 2. The summed E-state index contributed by atoms with van der Waals surface area (Å²) in [6, 6.07) is 0.0404. The van der Waals surface area contributed by atoms with Gasteiger partial charge in [-0.05, 0) is 44.4 Å². The maximum absolute atomic E-state index is 12.4. The summed E-state index contributed by atoms with van der Waals surface area (Å²) in [7, 11) is 0. The molecule has 2 unspecified atom stereocenters. The lowest BCUT2D eigenvalue weighted by Gasteiger charge is -2.32. The van der Waals surface area contributed by atoms with Gasteiger partial charge >= 0.3 is 0 Å². The molecule has 0 bridgehead atoms. The molecule has 0 aromatic carbocycles. The van der Waals surface area contributed by atoms with E-state index < -0.39 is 0 Å². The van der Waals surface area contributed by atoms with E-state index in [9.17, 15) is 4.79 Å². The Labute approximate surface area is 111 Å². The van der Waals surface area contributed by atoms with Gasteiger partial charge in [0, 0.05) is 12.6 Å². The summed E-state index contributed by atoms with van der Waals surface area (Å²) >= 11 is 0. The number of nitrogens with one attached hydrogen (secondary N) is 1. The Kier molecular flexibility index (Phi) is 4.00. The van der Waals surface area contributed by atoms with Crippen LogP contribution in [-0.2, 0) is 4.79 Å². The van der Waals surface area contributed by atoms with Crippen molar-refractivity contribution in [3.63, 3.8) is 0 Å². The number of rotatable bonds is 4. The highest BCUT2D eigenvalue weighted by molar-refractivity contribution is 5.83. The predicted molar refractivity (Wildman–Crippen MR) is 74.1 cm³/mol. The Morgan fingerprint density at radius 1 is 1.28 bits per heavy atom. The summed E-state index contributed by atoms with van der Waals surface area (Å²) in [5.74, 6) is 0.187. The van der Waals surface area contributed by atoms with Gasteiger partial charge in [-0.25, -0.2) is 0 Å². The Hall–Kier alpha value is -0.570. The van der Waals surface area contributed by atoms with E-state index in [0.717, 1.165) is 25.8 Å². The summed E-state index contributed by atoms with van der Waals surface area (Å²) in [6.07, 6.45) is 9.38. The van der Waals surface area contributed by atoms with Crippen LogP contribution in [0.4, 0.5) is 0 Å². The van der Waals surface area contributed by atoms with Crippen molar-refractivity contribution in [2.24, 2.45) is 16.6 Å². The van der Waals surface area contributed by atoms with E-state index in [1.54, 1.807) is 0 Å². The van der Waals surface area contributed by atoms with Crippen LogP contribution in [0.5, 0.6) is 0 Å². The SMILES string of the molecule is CCC1(CNC(=O)C2(C)CCCC2N)CCCC1. The minimum Gasteiger partial charge on any atom is -0.355 e. The number of carbonyl (C=O) groups excluding carboxylic acids is 1. The van der Waals surface area contributed by atoms with E-state index in [-0.39, 0.29) is 17.4 Å². The molecule has 2 saturated carbocycles. The van der Waals surface area contributed by atoms with E-state index in [1.807, 2.05) is 6.92 Å². The van der Waals surface area contributed by atoms with Crippen LogP contribution in [0, 0.1) is 10.8 Å². The van der Waals surface area contributed by atoms with Gasteiger partial charge in [-0.2, -0.15) is 0 Å². The highest BCUT2D eigenvalue weighted by atomic mass is 16.2. The Balaban J connectivity index is 1.91. The van der Waals surface area contributed by atoms with Crippen LogP contribution in [0.2, 0.25) is 0 Å². The Morgan fingerprint density at radius 2 is 1.94 bits per heavy atom. The Morgan fingerprint density at radius 3 is 2.44 bits per heavy atom. The maximum atomic E-state index is 12.4. The van der Waals surface area contributed by atoms with Crippen molar-refractivity contribution in [3.8, 4) is 0 Å². The van der Waals surface area contributed by atoms with E-state index >= 15 is 0 Å². The minimum absolute atomic E-state index is 0.0404. The fourth-order valence-corrected chi connectivity index (χ4v) is 3.73. The average Bonchev–Trinajstić information content (AvgIpc) is 2.96. The molecule has 0 radical (unpaired) electrons. The van der Waals surface area contributed by atoms with Gasteiger partial charge < -0.3 is 11.1 Å². The zero-order chi connectivity index (χ0) is 13.2. The van der Waals surface area contributed by atoms with Gasteiger partial charge in [-0.3, -0.25) is 4.79 Å². The molecule has 0 spiro atoms. The maximum Gasteiger partial charge on any atom is 0.227 e. The lowest BCUT2D eigenvalue weighted by molar-refractivity contribution is -0.131. The molecular weight excluding hydrogens is 224 g/mol. The highest BCUT2D eigenvalue weighted by Crippen LogP contribution is 2.41. The number of nitrogens with two attached hydrogens (primary N) is 1. The third kappa shape index (κ3) is 2.42. The van der Waals surface area contributed by atoms with Gasteiger partial charge in [-0.1, -0.05) is 26.2 Å². The number of hydrogen-bond donors (Lipinski definition) is 2. The van der Waals surface area contributed by atoms with Crippen molar-refractivity contribution in [1.82, 2.24) is 5.32 Å². The second-order valence-electron chi connectivity index (χ2n) is 6.66. The van der Waals surface area contributed by atoms with Crippen molar-refractivity contribution in [2.45, 2.75) is 71.3 Å². The van der Waals surface area contributed by atoms with Gasteiger partial charge in [0.15, 0.2) is 0 Å². The quantitative estimate of drug-likeness (QED) is 0.808. The lowest BCUT2D eigenvalue weighted by Crippen LogP contribution is -2.49. The van der Waals surface area contributed by atoms with E-state index in [2.05, 4.69) is 12.2 Å². The first-order chi connectivity index (χ1) is 8.52. The fraction of sp³-hybridized carbons (Fsp3) is 0.933. The summed E-state index contributed by atoms with van der Waals surface area (Å²) < 4.78 is 0. The first-order valence-corrected chi connectivity index (χ1v) is 7.56. The zero-order valence-electron chi connectivity index (χ0n) is 11.9. The Bertz CT molecular complexity index is 310. The molecule has 1 amide bonds. The van der Waals surface area contributed by atoms with Crippen LogP contribution in [0.3, 0.4) is 0 Å². The number of amides is 1. The third-order valence-corrected chi connectivity index (χ3v) is 5.59. The normalized spacial score (nSPS) is 34.7. The molecule has 2 atom stereocenters. The zero-order valence-corrected chi connectivity index (χ0v) is 11.9. The summed E-state index contributed by atoms with van der Waals surface area (Å²) in [5.41, 5.74) is 6.15. The first kappa shape index (κ1) is 13.9. The molecule has 2 aliphatic carbocycles. The molecule has 3 heteroatoms. The first-order valence-electron chi connectivity index (χ1n) is 7.56. The standard InChI is InChI=1S/C15H28N2O/c1-3-15(9-4-5-10-15)11-17-13(18)14(2)8-6-7-12(14)16/h12H,3-11,16H2,1-2H3,(H,17,18). The van der Waals surface area contributed by atoms with E-state index in [0.29, 0.717) is 5.41 Å².